The summed E-state index contributed by atoms with van der Waals surface area (Å²) in [5, 5.41) is 0. The zero-order valence-electron chi connectivity index (χ0n) is 10.9. The zero-order valence-corrected chi connectivity index (χ0v) is 10.9. The maximum absolute atomic E-state index is 6.50. The highest BCUT2D eigenvalue weighted by Gasteiger charge is 2.37. The predicted molar refractivity (Wildman–Crippen MR) is 66.9 cm³/mol. The fourth-order valence-electron chi connectivity index (χ4n) is 2.85. The van der Waals surface area contributed by atoms with Gasteiger partial charge in [-0.2, -0.15) is 0 Å². The molecule has 0 aromatic rings. The van der Waals surface area contributed by atoms with Crippen molar-refractivity contribution >= 4 is 0 Å². The Hall–Kier alpha value is -0.0800. The Labute approximate surface area is 95.2 Å². The Kier molecular flexibility index (Phi) is 4.60. The average Bonchev–Trinajstić information content (AvgIpc) is 2.28. The van der Waals surface area contributed by atoms with Crippen LogP contribution in [-0.4, -0.2) is 30.6 Å². The molecule has 1 saturated carbocycles. The molecule has 2 nitrogen and oxygen atoms in total. The van der Waals surface area contributed by atoms with E-state index in [9.17, 15) is 0 Å². The fourth-order valence-corrected chi connectivity index (χ4v) is 2.85. The van der Waals surface area contributed by atoms with Crippen molar-refractivity contribution in [3.8, 4) is 0 Å². The zero-order chi connectivity index (χ0) is 11.5. The summed E-state index contributed by atoms with van der Waals surface area (Å²) in [5.74, 6) is 0.742. The molecule has 0 radical (unpaired) electrons. The standard InChI is InChI=1S/C13H28N2/c1-5-13(2,15(3)4)12(14)11-9-7-6-8-10-11/h11-12H,5-10,14H2,1-4H3. The van der Waals surface area contributed by atoms with Crippen molar-refractivity contribution in [3.63, 3.8) is 0 Å². The first-order chi connectivity index (χ1) is 7.02. The molecule has 0 heterocycles. The van der Waals surface area contributed by atoms with E-state index in [-0.39, 0.29) is 5.54 Å². The van der Waals surface area contributed by atoms with Crippen LogP contribution in [0.3, 0.4) is 0 Å². The molecule has 2 atom stereocenters. The lowest BCUT2D eigenvalue weighted by atomic mass is 9.74. The molecule has 0 bridgehead atoms. The van der Waals surface area contributed by atoms with E-state index in [0.717, 1.165) is 12.3 Å². The van der Waals surface area contributed by atoms with Crippen molar-refractivity contribution in [2.45, 2.75) is 64.0 Å². The van der Waals surface area contributed by atoms with Gasteiger partial charge in [-0.25, -0.2) is 0 Å². The number of nitrogens with two attached hydrogens (primary N) is 1. The summed E-state index contributed by atoms with van der Waals surface area (Å²) in [6.45, 7) is 4.56. The maximum Gasteiger partial charge on any atom is 0.0326 e. The minimum atomic E-state index is 0.169. The summed E-state index contributed by atoms with van der Waals surface area (Å²) in [6, 6.07) is 0.331. The van der Waals surface area contributed by atoms with Gasteiger partial charge in [0.25, 0.3) is 0 Å². The van der Waals surface area contributed by atoms with E-state index in [0.29, 0.717) is 6.04 Å². The van der Waals surface area contributed by atoms with Crippen molar-refractivity contribution in [3.05, 3.63) is 0 Å². The van der Waals surface area contributed by atoms with Crippen LogP contribution in [0, 0.1) is 5.92 Å². The van der Waals surface area contributed by atoms with Crippen LogP contribution in [0.4, 0.5) is 0 Å². The van der Waals surface area contributed by atoms with Crippen LogP contribution in [0.5, 0.6) is 0 Å². The van der Waals surface area contributed by atoms with Crippen molar-refractivity contribution in [2.75, 3.05) is 14.1 Å². The highest BCUT2D eigenvalue weighted by molar-refractivity contribution is 4.96. The number of likely N-dealkylation sites (N-methyl/N-ethyl adjacent to an activating group) is 1. The predicted octanol–water partition coefficient (Wildman–Crippen LogP) is 2.62. The monoisotopic (exact) mass is 212 g/mol. The van der Waals surface area contributed by atoms with Gasteiger partial charge in [-0.15, -0.1) is 0 Å². The number of hydrogen-bond donors (Lipinski definition) is 1. The molecule has 1 aliphatic rings. The van der Waals surface area contributed by atoms with E-state index < -0.39 is 0 Å². The summed E-state index contributed by atoms with van der Waals surface area (Å²) in [7, 11) is 4.32. The third-order valence-electron chi connectivity index (χ3n) is 4.61. The topological polar surface area (TPSA) is 29.3 Å². The van der Waals surface area contributed by atoms with Gasteiger partial charge in [-0.05, 0) is 46.2 Å². The van der Waals surface area contributed by atoms with E-state index in [1.165, 1.54) is 32.1 Å². The molecule has 1 rings (SSSR count). The Morgan fingerprint density at radius 2 is 1.80 bits per heavy atom. The molecule has 0 aliphatic heterocycles. The summed E-state index contributed by atoms with van der Waals surface area (Å²) < 4.78 is 0. The van der Waals surface area contributed by atoms with Crippen LogP contribution in [0.2, 0.25) is 0 Å². The van der Waals surface area contributed by atoms with Gasteiger partial charge in [0.1, 0.15) is 0 Å². The summed E-state index contributed by atoms with van der Waals surface area (Å²) in [4.78, 5) is 2.31. The van der Waals surface area contributed by atoms with Crippen LogP contribution in [0.15, 0.2) is 0 Å². The largest absolute Gasteiger partial charge is 0.326 e. The summed E-state index contributed by atoms with van der Waals surface area (Å²) in [5.41, 5.74) is 6.67. The molecule has 0 spiro atoms. The Morgan fingerprint density at radius 1 is 1.27 bits per heavy atom. The average molecular weight is 212 g/mol. The quantitative estimate of drug-likeness (QED) is 0.776. The first kappa shape index (κ1) is 13.0. The molecule has 0 aromatic heterocycles. The van der Waals surface area contributed by atoms with E-state index >= 15 is 0 Å². The number of hydrogen-bond acceptors (Lipinski definition) is 2. The Balaban J connectivity index is 2.66. The van der Waals surface area contributed by atoms with Gasteiger partial charge in [0.15, 0.2) is 0 Å². The Bertz CT molecular complexity index is 185. The van der Waals surface area contributed by atoms with Gasteiger partial charge in [0, 0.05) is 11.6 Å². The molecule has 0 amide bonds. The molecule has 2 N–H and O–H groups in total. The lowest BCUT2D eigenvalue weighted by Crippen LogP contribution is -2.58. The normalized spacial score (nSPS) is 25.2. The third-order valence-corrected chi connectivity index (χ3v) is 4.61. The first-order valence-corrected chi connectivity index (χ1v) is 6.45. The minimum absolute atomic E-state index is 0.169. The molecule has 15 heavy (non-hydrogen) atoms. The molecular weight excluding hydrogens is 184 g/mol. The smallest absolute Gasteiger partial charge is 0.0326 e. The van der Waals surface area contributed by atoms with Crippen molar-refractivity contribution < 1.29 is 0 Å². The van der Waals surface area contributed by atoms with Crippen molar-refractivity contribution in [2.24, 2.45) is 11.7 Å². The minimum Gasteiger partial charge on any atom is -0.326 e. The van der Waals surface area contributed by atoms with E-state index in [1.807, 2.05) is 0 Å². The van der Waals surface area contributed by atoms with Crippen LogP contribution in [0.1, 0.15) is 52.4 Å². The molecular formula is C13H28N2. The van der Waals surface area contributed by atoms with Crippen molar-refractivity contribution in [1.29, 1.82) is 0 Å². The Morgan fingerprint density at radius 3 is 2.20 bits per heavy atom. The molecule has 0 saturated heterocycles. The maximum atomic E-state index is 6.50. The summed E-state index contributed by atoms with van der Waals surface area (Å²) >= 11 is 0. The van der Waals surface area contributed by atoms with Gasteiger partial charge in [0.2, 0.25) is 0 Å². The van der Waals surface area contributed by atoms with E-state index in [1.54, 1.807) is 0 Å². The van der Waals surface area contributed by atoms with Crippen LogP contribution >= 0.6 is 0 Å². The third kappa shape index (κ3) is 2.73. The second kappa shape index (κ2) is 5.31. The lowest BCUT2D eigenvalue weighted by Gasteiger charge is -2.45. The lowest BCUT2D eigenvalue weighted by molar-refractivity contribution is 0.0888. The highest BCUT2D eigenvalue weighted by atomic mass is 15.2. The highest BCUT2D eigenvalue weighted by Crippen LogP contribution is 2.33. The second-order valence-electron chi connectivity index (χ2n) is 5.53. The molecule has 2 heteroatoms. The van der Waals surface area contributed by atoms with Crippen LogP contribution in [-0.2, 0) is 0 Å². The van der Waals surface area contributed by atoms with Gasteiger partial charge in [-0.1, -0.05) is 26.2 Å². The number of rotatable bonds is 4. The SMILES string of the molecule is CCC(C)(C(N)C1CCCCC1)N(C)C. The molecule has 0 aromatic carbocycles. The van der Waals surface area contributed by atoms with Crippen LogP contribution in [0.25, 0.3) is 0 Å². The fraction of sp³-hybridized carbons (Fsp3) is 1.00. The first-order valence-electron chi connectivity index (χ1n) is 6.45. The second-order valence-corrected chi connectivity index (χ2v) is 5.53. The number of nitrogens with zero attached hydrogens (tertiary/aromatic N) is 1. The molecule has 90 valence electrons. The van der Waals surface area contributed by atoms with Crippen LogP contribution < -0.4 is 5.73 Å². The van der Waals surface area contributed by atoms with Crippen molar-refractivity contribution in [1.82, 2.24) is 4.90 Å². The van der Waals surface area contributed by atoms with Gasteiger partial charge < -0.3 is 10.6 Å². The molecule has 1 aliphatic carbocycles. The van der Waals surface area contributed by atoms with E-state index in [2.05, 4.69) is 32.8 Å². The summed E-state index contributed by atoms with van der Waals surface area (Å²) in [6.07, 6.45) is 7.98. The van der Waals surface area contributed by atoms with E-state index in [4.69, 9.17) is 5.73 Å². The van der Waals surface area contributed by atoms with Gasteiger partial charge >= 0.3 is 0 Å². The molecule has 1 fully saturated rings. The van der Waals surface area contributed by atoms with Gasteiger partial charge in [0.05, 0.1) is 0 Å². The van der Waals surface area contributed by atoms with Gasteiger partial charge in [-0.3, -0.25) is 0 Å². The molecule has 2 unspecified atom stereocenters.